The predicted octanol–water partition coefficient (Wildman–Crippen LogP) is 2.65. The fourth-order valence-electron chi connectivity index (χ4n) is 3.14. The zero-order valence-electron chi connectivity index (χ0n) is 13.8. The molecule has 3 heterocycles. The molecule has 0 bridgehead atoms. The Morgan fingerprint density at radius 3 is 3.12 bits per heavy atom. The van der Waals surface area contributed by atoms with E-state index in [-0.39, 0.29) is 11.4 Å². The van der Waals surface area contributed by atoms with E-state index >= 15 is 0 Å². The van der Waals surface area contributed by atoms with Crippen LogP contribution in [0.15, 0.2) is 30.7 Å². The zero-order valence-corrected chi connectivity index (χ0v) is 14.6. The molecule has 0 saturated carbocycles. The van der Waals surface area contributed by atoms with Gasteiger partial charge in [0.1, 0.15) is 5.52 Å². The molecule has 1 N–H and O–H groups in total. The minimum Gasteiger partial charge on any atom is -0.338 e. The molecule has 134 valence electrons. The molecule has 1 aliphatic heterocycles. The maximum atomic E-state index is 14.8. The normalized spacial score (nSPS) is 14.7. The quantitative estimate of drug-likeness (QED) is 0.761. The fourth-order valence-corrected chi connectivity index (χ4v) is 3.40. The molecule has 7 nitrogen and oxygen atoms in total. The van der Waals surface area contributed by atoms with E-state index in [4.69, 9.17) is 11.6 Å². The third kappa shape index (κ3) is 3.08. The van der Waals surface area contributed by atoms with Crippen LogP contribution in [-0.4, -0.2) is 49.1 Å². The van der Waals surface area contributed by atoms with E-state index in [1.54, 1.807) is 28.0 Å². The number of aromatic amines is 1. The largest absolute Gasteiger partial charge is 0.338 e. The number of fused-ring (bicyclic) bond motifs is 1. The average molecular weight is 375 g/mol. The van der Waals surface area contributed by atoms with E-state index in [1.165, 1.54) is 6.20 Å². The van der Waals surface area contributed by atoms with E-state index in [0.29, 0.717) is 48.4 Å². The molecule has 0 atom stereocenters. The first kappa shape index (κ1) is 16.7. The van der Waals surface area contributed by atoms with E-state index < -0.39 is 5.82 Å². The zero-order chi connectivity index (χ0) is 18.1. The van der Waals surface area contributed by atoms with Gasteiger partial charge in [0.25, 0.3) is 0 Å². The van der Waals surface area contributed by atoms with E-state index in [9.17, 15) is 9.18 Å². The topological polar surface area (TPSA) is 79.7 Å². The number of hydrogen-bond acceptors (Lipinski definition) is 4. The maximum absolute atomic E-state index is 14.8. The number of benzene rings is 1. The van der Waals surface area contributed by atoms with Crippen LogP contribution in [0, 0.1) is 5.82 Å². The Labute approximate surface area is 153 Å². The summed E-state index contributed by atoms with van der Waals surface area (Å²) in [6.45, 7) is 1.43. The Morgan fingerprint density at radius 1 is 1.42 bits per heavy atom. The molecule has 2 aromatic heterocycles. The number of hydrogen-bond donors (Lipinski definition) is 1. The molecule has 9 heteroatoms. The Balaban J connectivity index is 1.52. The van der Waals surface area contributed by atoms with Crippen LogP contribution in [0.4, 0.5) is 4.39 Å². The lowest BCUT2D eigenvalue weighted by Gasteiger charge is -2.28. The van der Waals surface area contributed by atoms with Crippen LogP contribution in [0.5, 0.6) is 0 Å². The lowest BCUT2D eigenvalue weighted by atomic mass is 9.99. The van der Waals surface area contributed by atoms with Gasteiger partial charge in [0, 0.05) is 36.7 Å². The number of carbonyl (C=O) groups excluding carboxylic acids is 1. The smallest absolute Gasteiger partial charge is 0.224 e. The summed E-state index contributed by atoms with van der Waals surface area (Å²) in [4.78, 5) is 14.2. The highest BCUT2D eigenvalue weighted by molar-refractivity contribution is 6.35. The van der Waals surface area contributed by atoms with Crippen LogP contribution >= 0.6 is 11.6 Å². The molecule has 4 rings (SSSR count). The van der Waals surface area contributed by atoms with Gasteiger partial charge in [0.05, 0.1) is 24.0 Å². The Morgan fingerprint density at radius 2 is 2.31 bits per heavy atom. The second kappa shape index (κ2) is 6.87. The van der Waals surface area contributed by atoms with Crippen molar-refractivity contribution >= 4 is 34.0 Å². The van der Waals surface area contributed by atoms with Crippen molar-refractivity contribution in [1.82, 2.24) is 30.1 Å². The summed E-state index contributed by atoms with van der Waals surface area (Å²) >= 11 is 6.25. The summed E-state index contributed by atoms with van der Waals surface area (Å²) < 4.78 is 16.5. The van der Waals surface area contributed by atoms with Gasteiger partial charge in [-0.25, -0.2) is 4.39 Å². The van der Waals surface area contributed by atoms with E-state index in [0.717, 1.165) is 5.57 Å². The van der Waals surface area contributed by atoms with Crippen molar-refractivity contribution in [1.29, 1.82) is 0 Å². The van der Waals surface area contributed by atoms with Crippen LogP contribution in [0.3, 0.4) is 0 Å². The van der Waals surface area contributed by atoms with Crippen molar-refractivity contribution in [2.75, 3.05) is 13.1 Å². The Hall–Kier alpha value is -2.74. The molecular formula is C17H16ClFN6O. The van der Waals surface area contributed by atoms with Crippen molar-refractivity contribution in [3.63, 3.8) is 0 Å². The lowest BCUT2D eigenvalue weighted by Crippen LogP contribution is -2.36. The molecule has 1 aliphatic rings. The van der Waals surface area contributed by atoms with E-state index in [1.807, 2.05) is 6.08 Å². The predicted molar refractivity (Wildman–Crippen MR) is 94.9 cm³/mol. The van der Waals surface area contributed by atoms with Crippen molar-refractivity contribution in [2.24, 2.45) is 0 Å². The Kier molecular flexibility index (Phi) is 4.42. The molecule has 26 heavy (non-hydrogen) atoms. The number of carbonyl (C=O) groups is 1. The number of aromatic nitrogens is 5. The maximum Gasteiger partial charge on any atom is 0.224 e. The van der Waals surface area contributed by atoms with Crippen molar-refractivity contribution in [3.8, 4) is 0 Å². The SMILES string of the molecule is O=C(CCn1ccnn1)N1CCC=C(c2cc(Cl)c3cn[nH]c3c2F)C1. The van der Waals surface area contributed by atoms with Gasteiger partial charge in [0.2, 0.25) is 5.91 Å². The number of rotatable bonds is 4. The lowest BCUT2D eigenvalue weighted by molar-refractivity contribution is -0.131. The standard InChI is InChI=1S/C17H16ClFN6O/c18-14-8-12(16(19)17-13(14)9-21-22-17)11-2-1-5-24(10-11)15(26)3-6-25-7-4-20-23-25/h2,4,7-9H,1,3,5-6,10H2,(H,21,22). The third-order valence-electron chi connectivity index (χ3n) is 4.50. The van der Waals surface area contributed by atoms with Crippen molar-refractivity contribution < 1.29 is 9.18 Å². The summed E-state index contributed by atoms with van der Waals surface area (Å²) in [5, 5.41) is 15.0. The average Bonchev–Trinajstić information content (AvgIpc) is 3.34. The minimum absolute atomic E-state index is 0.000207. The monoisotopic (exact) mass is 374 g/mol. The first-order chi connectivity index (χ1) is 12.6. The highest BCUT2D eigenvalue weighted by atomic mass is 35.5. The molecule has 0 saturated heterocycles. The molecular weight excluding hydrogens is 359 g/mol. The second-order valence-electron chi connectivity index (χ2n) is 6.13. The summed E-state index contributed by atoms with van der Waals surface area (Å²) in [5.74, 6) is -0.398. The van der Waals surface area contributed by atoms with Crippen molar-refractivity contribution in [3.05, 3.63) is 47.1 Å². The van der Waals surface area contributed by atoms with Crippen LogP contribution in [0.1, 0.15) is 18.4 Å². The van der Waals surface area contributed by atoms with Gasteiger partial charge < -0.3 is 4.90 Å². The second-order valence-corrected chi connectivity index (χ2v) is 6.54. The first-order valence-corrected chi connectivity index (χ1v) is 8.63. The summed E-state index contributed by atoms with van der Waals surface area (Å²) in [6.07, 6.45) is 7.73. The molecule has 0 fully saturated rings. The van der Waals surface area contributed by atoms with E-state index in [2.05, 4.69) is 20.5 Å². The third-order valence-corrected chi connectivity index (χ3v) is 4.81. The van der Waals surface area contributed by atoms with Gasteiger partial charge in [-0.15, -0.1) is 5.10 Å². The first-order valence-electron chi connectivity index (χ1n) is 8.26. The van der Waals surface area contributed by atoms with Crippen LogP contribution in [-0.2, 0) is 11.3 Å². The summed E-state index contributed by atoms with van der Waals surface area (Å²) in [5.41, 5.74) is 1.44. The Bertz CT molecular complexity index is 981. The number of amides is 1. The van der Waals surface area contributed by atoms with Crippen LogP contribution < -0.4 is 0 Å². The molecule has 1 amide bonds. The van der Waals surface area contributed by atoms with Gasteiger partial charge in [-0.3, -0.25) is 14.6 Å². The van der Waals surface area contributed by atoms with Crippen molar-refractivity contribution in [2.45, 2.75) is 19.4 Å². The van der Waals surface area contributed by atoms with Gasteiger partial charge >= 0.3 is 0 Å². The molecule has 0 aliphatic carbocycles. The molecule has 0 radical (unpaired) electrons. The van der Waals surface area contributed by atoms with Crippen LogP contribution in [0.2, 0.25) is 5.02 Å². The molecule has 1 aromatic carbocycles. The minimum atomic E-state index is -0.398. The van der Waals surface area contributed by atoms with Gasteiger partial charge in [-0.1, -0.05) is 22.9 Å². The van der Waals surface area contributed by atoms with Gasteiger partial charge in [-0.2, -0.15) is 5.10 Å². The highest BCUT2D eigenvalue weighted by Gasteiger charge is 2.22. The van der Waals surface area contributed by atoms with Crippen LogP contribution in [0.25, 0.3) is 16.5 Å². The molecule has 3 aromatic rings. The number of nitrogens with one attached hydrogen (secondary N) is 1. The highest BCUT2D eigenvalue weighted by Crippen LogP contribution is 2.32. The van der Waals surface area contributed by atoms with Gasteiger partial charge in [-0.05, 0) is 18.1 Å². The molecule has 0 unspecified atom stereocenters. The number of aryl methyl sites for hydroxylation is 1. The summed E-state index contributed by atoms with van der Waals surface area (Å²) in [6, 6.07) is 1.60. The summed E-state index contributed by atoms with van der Waals surface area (Å²) in [7, 11) is 0. The molecule has 0 spiro atoms. The fraction of sp³-hybridized carbons (Fsp3) is 0.294. The number of halogens is 2. The van der Waals surface area contributed by atoms with Gasteiger partial charge in [0.15, 0.2) is 5.82 Å². The number of H-pyrrole nitrogens is 1. The number of nitrogens with zero attached hydrogens (tertiary/aromatic N) is 5.